The third kappa shape index (κ3) is 4.06. The third-order valence-electron chi connectivity index (χ3n) is 2.99. The van der Waals surface area contributed by atoms with Crippen LogP contribution in [-0.4, -0.2) is 8.42 Å². The van der Waals surface area contributed by atoms with Gasteiger partial charge in [-0.1, -0.05) is 28.1 Å². The summed E-state index contributed by atoms with van der Waals surface area (Å²) in [5, 5.41) is 0. The summed E-state index contributed by atoms with van der Waals surface area (Å²) in [5.74, 6) is 0. The third-order valence-corrected chi connectivity index (χ3v) is 4.83. The van der Waals surface area contributed by atoms with Crippen LogP contribution in [0.15, 0.2) is 51.8 Å². The average Bonchev–Trinajstić information content (AvgIpc) is 2.37. The highest BCUT2D eigenvalue weighted by Crippen LogP contribution is 2.23. The number of halogens is 1. The predicted octanol–water partition coefficient (Wildman–Crippen LogP) is 3.58. The summed E-state index contributed by atoms with van der Waals surface area (Å²) in [4.78, 5) is 0.204. The average molecular weight is 369 g/mol. The lowest BCUT2D eigenvalue weighted by Crippen LogP contribution is -2.14. The van der Waals surface area contributed by atoms with E-state index in [1.807, 2.05) is 26.0 Å². The number of hydrogen-bond donors (Lipinski definition) is 2. The van der Waals surface area contributed by atoms with Gasteiger partial charge in [0.2, 0.25) is 0 Å². The van der Waals surface area contributed by atoms with Crippen molar-refractivity contribution in [3.63, 3.8) is 0 Å². The minimum absolute atomic E-state index is 0.204. The molecule has 0 aliphatic carbocycles. The maximum absolute atomic E-state index is 12.4. The Hall–Kier alpha value is -1.37. The highest BCUT2D eigenvalue weighted by atomic mass is 79.9. The van der Waals surface area contributed by atoms with Gasteiger partial charge in [-0.25, -0.2) is 8.42 Å². The van der Waals surface area contributed by atoms with Crippen LogP contribution in [0.1, 0.15) is 24.1 Å². The SMILES string of the molecule is Cc1cc(Br)cc(NS(=O)(=O)c2cccc(C(C)N)c2)c1. The number of anilines is 1. The largest absolute Gasteiger partial charge is 0.324 e. The summed E-state index contributed by atoms with van der Waals surface area (Å²) in [6.45, 7) is 3.72. The van der Waals surface area contributed by atoms with E-state index in [4.69, 9.17) is 5.73 Å². The Bertz CT molecular complexity index is 738. The molecule has 0 radical (unpaired) electrons. The molecular formula is C15H17BrN2O2S. The number of nitrogens with two attached hydrogens (primary N) is 1. The number of sulfonamides is 1. The molecule has 6 heteroatoms. The summed E-state index contributed by atoms with van der Waals surface area (Å²) < 4.78 is 28.3. The van der Waals surface area contributed by atoms with Crippen molar-refractivity contribution in [3.8, 4) is 0 Å². The van der Waals surface area contributed by atoms with Crippen LogP contribution in [0.5, 0.6) is 0 Å². The fraction of sp³-hybridized carbons (Fsp3) is 0.200. The molecule has 0 aromatic heterocycles. The van der Waals surface area contributed by atoms with E-state index < -0.39 is 10.0 Å². The molecule has 0 fully saturated rings. The van der Waals surface area contributed by atoms with Gasteiger partial charge >= 0.3 is 0 Å². The molecule has 1 atom stereocenters. The van der Waals surface area contributed by atoms with E-state index in [-0.39, 0.29) is 10.9 Å². The van der Waals surface area contributed by atoms with Crippen molar-refractivity contribution in [1.29, 1.82) is 0 Å². The molecule has 0 heterocycles. The Morgan fingerprint density at radius 2 is 1.90 bits per heavy atom. The van der Waals surface area contributed by atoms with E-state index in [9.17, 15) is 8.42 Å². The van der Waals surface area contributed by atoms with Crippen molar-refractivity contribution in [2.24, 2.45) is 5.73 Å². The van der Waals surface area contributed by atoms with Crippen LogP contribution >= 0.6 is 15.9 Å². The van der Waals surface area contributed by atoms with Gasteiger partial charge in [0.15, 0.2) is 0 Å². The molecule has 0 amide bonds. The van der Waals surface area contributed by atoms with Crippen LogP contribution in [-0.2, 0) is 10.0 Å². The molecule has 112 valence electrons. The van der Waals surface area contributed by atoms with Gasteiger partial charge in [-0.3, -0.25) is 4.72 Å². The zero-order chi connectivity index (χ0) is 15.6. The first kappa shape index (κ1) is 16.0. The summed E-state index contributed by atoms with van der Waals surface area (Å²) in [7, 11) is -3.63. The number of rotatable bonds is 4. The van der Waals surface area contributed by atoms with Gasteiger partial charge in [-0.15, -0.1) is 0 Å². The maximum Gasteiger partial charge on any atom is 0.261 e. The molecule has 0 bridgehead atoms. The molecule has 0 spiro atoms. The van der Waals surface area contributed by atoms with Crippen LogP contribution in [0.25, 0.3) is 0 Å². The van der Waals surface area contributed by atoms with Crippen molar-refractivity contribution in [1.82, 2.24) is 0 Å². The molecule has 2 rings (SSSR count). The molecule has 0 saturated carbocycles. The van der Waals surface area contributed by atoms with E-state index in [1.54, 1.807) is 30.3 Å². The minimum atomic E-state index is -3.63. The van der Waals surface area contributed by atoms with Gasteiger partial charge in [0.25, 0.3) is 10.0 Å². The van der Waals surface area contributed by atoms with Crippen molar-refractivity contribution in [2.75, 3.05) is 4.72 Å². The van der Waals surface area contributed by atoms with Crippen molar-refractivity contribution >= 4 is 31.6 Å². The molecule has 2 aromatic carbocycles. The summed E-state index contributed by atoms with van der Waals surface area (Å²) >= 11 is 3.36. The second-order valence-electron chi connectivity index (χ2n) is 4.98. The van der Waals surface area contributed by atoms with Crippen molar-refractivity contribution in [3.05, 3.63) is 58.1 Å². The van der Waals surface area contributed by atoms with Gasteiger partial charge in [0.05, 0.1) is 10.6 Å². The first-order valence-corrected chi connectivity index (χ1v) is 8.71. The lowest BCUT2D eigenvalue weighted by atomic mass is 10.1. The molecule has 0 saturated heterocycles. The predicted molar refractivity (Wildman–Crippen MR) is 88.7 cm³/mol. The molecule has 0 aliphatic heterocycles. The van der Waals surface area contributed by atoms with Gasteiger partial charge in [0.1, 0.15) is 0 Å². The van der Waals surface area contributed by atoms with E-state index in [0.29, 0.717) is 5.69 Å². The van der Waals surface area contributed by atoms with Crippen LogP contribution in [0.2, 0.25) is 0 Å². The molecule has 1 unspecified atom stereocenters. The van der Waals surface area contributed by atoms with Crippen molar-refractivity contribution < 1.29 is 8.42 Å². The van der Waals surface area contributed by atoms with Gasteiger partial charge in [0, 0.05) is 10.5 Å². The fourth-order valence-corrected chi connectivity index (χ4v) is 3.68. The minimum Gasteiger partial charge on any atom is -0.324 e. The van der Waals surface area contributed by atoms with Crippen LogP contribution in [0, 0.1) is 6.92 Å². The molecular weight excluding hydrogens is 352 g/mol. The second-order valence-corrected chi connectivity index (χ2v) is 7.58. The van der Waals surface area contributed by atoms with Crippen molar-refractivity contribution in [2.45, 2.75) is 24.8 Å². The Balaban J connectivity index is 2.36. The van der Waals surface area contributed by atoms with Crippen LogP contribution in [0.4, 0.5) is 5.69 Å². The number of nitrogens with one attached hydrogen (secondary N) is 1. The monoisotopic (exact) mass is 368 g/mol. The lowest BCUT2D eigenvalue weighted by molar-refractivity contribution is 0.601. The number of aryl methyl sites for hydroxylation is 1. The molecule has 0 aliphatic rings. The first-order valence-electron chi connectivity index (χ1n) is 6.43. The lowest BCUT2D eigenvalue weighted by Gasteiger charge is -2.11. The van der Waals surface area contributed by atoms with Crippen LogP contribution in [0.3, 0.4) is 0 Å². The van der Waals surface area contributed by atoms with E-state index in [0.717, 1.165) is 15.6 Å². The number of benzene rings is 2. The van der Waals surface area contributed by atoms with E-state index in [2.05, 4.69) is 20.7 Å². The standard InChI is InChI=1S/C15H17BrN2O2S/c1-10-6-13(16)9-14(7-10)18-21(19,20)15-5-3-4-12(8-15)11(2)17/h3-9,11,18H,17H2,1-2H3. The summed E-state index contributed by atoms with van der Waals surface area (Å²) in [6.07, 6.45) is 0. The Labute approximate surface area is 133 Å². The quantitative estimate of drug-likeness (QED) is 0.865. The highest BCUT2D eigenvalue weighted by molar-refractivity contribution is 9.10. The Morgan fingerprint density at radius 1 is 1.19 bits per heavy atom. The Kier molecular flexibility index (Phi) is 4.70. The van der Waals surface area contributed by atoms with E-state index >= 15 is 0 Å². The van der Waals surface area contributed by atoms with Gasteiger partial charge in [-0.2, -0.15) is 0 Å². The molecule has 2 aromatic rings. The summed E-state index contributed by atoms with van der Waals surface area (Å²) in [6, 6.07) is 11.9. The summed E-state index contributed by atoms with van der Waals surface area (Å²) in [5.41, 5.74) is 8.06. The smallest absolute Gasteiger partial charge is 0.261 e. The molecule has 3 N–H and O–H groups in total. The topological polar surface area (TPSA) is 72.2 Å². The maximum atomic E-state index is 12.4. The number of hydrogen-bond acceptors (Lipinski definition) is 3. The molecule has 4 nitrogen and oxygen atoms in total. The molecule has 21 heavy (non-hydrogen) atoms. The van der Waals surface area contributed by atoms with Gasteiger partial charge < -0.3 is 5.73 Å². The van der Waals surface area contributed by atoms with Gasteiger partial charge in [-0.05, 0) is 55.3 Å². The van der Waals surface area contributed by atoms with E-state index in [1.165, 1.54) is 0 Å². The highest BCUT2D eigenvalue weighted by Gasteiger charge is 2.15. The normalized spacial score (nSPS) is 13.0. The Morgan fingerprint density at radius 3 is 2.52 bits per heavy atom. The zero-order valence-electron chi connectivity index (χ0n) is 11.8. The fourth-order valence-electron chi connectivity index (χ4n) is 1.97. The first-order chi connectivity index (χ1) is 9.78. The zero-order valence-corrected chi connectivity index (χ0v) is 14.2. The second kappa shape index (κ2) is 6.17. The van der Waals surface area contributed by atoms with Crippen LogP contribution < -0.4 is 10.5 Å².